The highest BCUT2D eigenvalue weighted by Gasteiger charge is 2.24. The Labute approximate surface area is 89.3 Å². The van der Waals surface area contributed by atoms with Crippen LogP contribution < -0.4 is 4.90 Å². The number of nitrogens with zero attached hydrogens (tertiary/aromatic N) is 3. The zero-order valence-corrected chi connectivity index (χ0v) is 9.10. The number of carbonyl (C=O) groups excluding carboxylic acids is 1. The van der Waals surface area contributed by atoms with E-state index in [1.165, 1.54) is 0 Å². The summed E-state index contributed by atoms with van der Waals surface area (Å²) in [5.74, 6) is 1.19. The highest BCUT2D eigenvalue weighted by molar-refractivity contribution is 5.83. The Balaban J connectivity index is 2.15. The van der Waals surface area contributed by atoms with Crippen LogP contribution in [0.15, 0.2) is 12.3 Å². The normalized spacial score (nSPS) is 21.9. The highest BCUT2D eigenvalue weighted by Crippen LogP contribution is 2.17. The van der Waals surface area contributed by atoms with Crippen LogP contribution in [-0.4, -0.2) is 28.8 Å². The molecule has 1 aromatic heterocycles. The fourth-order valence-electron chi connectivity index (χ4n) is 1.78. The Morgan fingerprint density at radius 2 is 2.33 bits per heavy atom. The Hall–Kier alpha value is -1.45. The summed E-state index contributed by atoms with van der Waals surface area (Å²) < 4.78 is 0. The number of aromatic nitrogens is 2. The topological polar surface area (TPSA) is 46.1 Å². The average Bonchev–Trinajstić information content (AvgIpc) is 2.22. The molecule has 2 heterocycles. The second-order valence-electron chi connectivity index (χ2n) is 4.06. The van der Waals surface area contributed by atoms with Crippen LogP contribution >= 0.6 is 0 Å². The van der Waals surface area contributed by atoms with Gasteiger partial charge in [-0.05, 0) is 13.0 Å². The second kappa shape index (κ2) is 3.96. The van der Waals surface area contributed by atoms with Crippen molar-refractivity contribution >= 4 is 11.7 Å². The minimum atomic E-state index is 0.0999. The van der Waals surface area contributed by atoms with Crippen molar-refractivity contribution in [2.45, 2.75) is 20.3 Å². The van der Waals surface area contributed by atoms with E-state index in [9.17, 15) is 4.79 Å². The molecule has 80 valence electrons. The maximum absolute atomic E-state index is 11.4. The Morgan fingerprint density at radius 3 is 3.00 bits per heavy atom. The van der Waals surface area contributed by atoms with Gasteiger partial charge in [0.2, 0.25) is 5.95 Å². The van der Waals surface area contributed by atoms with Gasteiger partial charge in [0, 0.05) is 37.3 Å². The number of hydrogen-bond acceptors (Lipinski definition) is 4. The van der Waals surface area contributed by atoms with Crippen molar-refractivity contribution < 1.29 is 4.79 Å². The van der Waals surface area contributed by atoms with E-state index >= 15 is 0 Å². The first-order valence-corrected chi connectivity index (χ1v) is 5.24. The van der Waals surface area contributed by atoms with Gasteiger partial charge in [0.15, 0.2) is 0 Å². The molecule has 1 saturated heterocycles. The van der Waals surface area contributed by atoms with E-state index in [-0.39, 0.29) is 5.92 Å². The first-order valence-electron chi connectivity index (χ1n) is 5.24. The Kier molecular flexibility index (Phi) is 2.66. The third-order valence-corrected chi connectivity index (χ3v) is 2.74. The zero-order chi connectivity index (χ0) is 10.8. The summed E-state index contributed by atoms with van der Waals surface area (Å²) >= 11 is 0. The van der Waals surface area contributed by atoms with Crippen LogP contribution in [0.2, 0.25) is 0 Å². The number of anilines is 1. The lowest BCUT2D eigenvalue weighted by Gasteiger charge is -2.29. The summed E-state index contributed by atoms with van der Waals surface area (Å²) in [5.41, 5.74) is 0.963. The van der Waals surface area contributed by atoms with E-state index in [1.54, 1.807) is 6.20 Å². The maximum atomic E-state index is 11.4. The van der Waals surface area contributed by atoms with Crippen LogP contribution in [-0.2, 0) is 4.79 Å². The van der Waals surface area contributed by atoms with Crippen LogP contribution in [0.5, 0.6) is 0 Å². The van der Waals surface area contributed by atoms with Gasteiger partial charge in [0.05, 0.1) is 0 Å². The number of ketones is 1. The Bertz CT molecular complexity index is 378. The molecule has 0 N–H and O–H groups in total. The van der Waals surface area contributed by atoms with E-state index in [4.69, 9.17) is 0 Å². The minimum absolute atomic E-state index is 0.0999. The molecule has 0 amide bonds. The van der Waals surface area contributed by atoms with E-state index in [0.717, 1.165) is 24.7 Å². The van der Waals surface area contributed by atoms with Crippen LogP contribution in [0.4, 0.5) is 5.95 Å². The first-order chi connectivity index (χ1) is 7.16. The molecule has 1 unspecified atom stereocenters. The monoisotopic (exact) mass is 205 g/mol. The number of carbonyl (C=O) groups is 1. The number of rotatable bonds is 1. The lowest BCUT2D eigenvalue weighted by Crippen LogP contribution is -2.40. The first kappa shape index (κ1) is 10.1. The van der Waals surface area contributed by atoms with E-state index in [0.29, 0.717) is 12.2 Å². The minimum Gasteiger partial charge on any atom is -0.340 e. The highest BCUT2D eigenvalue weighted by atomic mass is 16.1. The lowest BCUT2D eigenvalue weighted by molar-refractivity contribution is -0.122. The van der Waals surface area contributed by atoms with Crippen molar-refractivity contribution in [3.63, 3.8) is 0 Å². The number of Topliss-reactive ketones (excluding diaryl/α,β-unsaturated/α-hetero) is 1. The summed E-state index contributed by atoms with van der Waals surface area (Å²) in [6.45, 7) is 5.39. The molecule has 0 saturated carbocycles. The molecule has 4 nitrogen and oxygen atoms in total. The molecule has 1 fully saturated rings. The second-order valence-corrected chi connectivity index (χ2v) is 4.06. The molecule has 0 spiro atoms. The van der Waals surface area contributed by atoms with Crippen molar-refractivity contribution in [2.24, 2.45) is 5.92 Å². The molecule has 1 aliphatic rings. The van der Waals surface area contributed by atoms with Crippen LogP contribution in [0.25, 0.3) is 0 Å². The van der Waals surface area contributed by atoms with Crippen molar-refractivity contribution in [3.05, 3.63) is 18.0 Å². The summed E-state index contributed by atoms with van der Waals surface area (Å²) in [6.07, 6.45) is 2.37. The van der Waals surface area contributed by atoms with Gasteiger partial charge in [-0.3, -0.25) is 4.79 Å². The molecule has 0 aromatic carbocycles. The summed E-state index contributed by atoms with van der Waals surface area (Å²) in [5, 5.41) is 0. The largest absolute Gasteiger partial charge is 0.340 e. The van der Waals surface area contributed by atoms with Gasteiger partial charge in [-0.2, -0.15) is 0 Å². The molecule has 1 atom stereocenters. The van der Waals surface area contributed by atoms with Crippen LogP contribution in [0.1, 0.15) is 19.0 Å². The third kappa shape index (κ3) is 2.14. The summed E-state index contributed by atoms with van der Waals surface area (Å²) in [6, 6.07) is 1.88. The average molecular weight is 205 g/mol. The predicted molar refractivity (Wildman–Crippen MR) is 57.8 cm³/mol. The van der Waals surface area contributed by atoms with Gasteiger partial charge in [0.25, 0.3) is 0 Å². The van der Waals surface area contributed by atoms with Crippen molar-refractivity contribution in [1.82, 2.24) is 9.97 Å². The molecule has 0 bridgehead atoms. The maximum Gasteiger partial charge on any atom is 0.225 e. The zero-order valence-electron chi connectivity index (χ0n) is 9.10. The fourth-order valence-corrected chi connectivity index (χ4v) is 1.78. The van der Waals surface area contributed by atoms with Gasteiger partial charge in [0.1, 0.15) is 5.78 Å². The molecular formula is C11H15N3O. The van der Waals surface area contributed by atoms with Crippen molar-refractivity contribution in [2.75, 3.05) is 18.0 Å². The molecule has 15 heavy (non-hydrogen) atoms. The molecule has 2 rings (SSSR count). The van der Waals surface area contributed by atoms with Crippen molar-refractivity contribution in [3.8, 4) is 0 Å². The predicted octanol–water partition coefficient (Wildman–Crippen LogP) is 1.20. The molecule has 0 radical (unpaired) electrons. The molecule has 1 aromatic rings. The van der Waals surface area contributed by atoms with Gasteiger partial charge >= 0.3 is 0 Å². The molecular weight excluding hydrogens is 190 g/mol. The van der Waals surface area contributed by atoms with Crippen molar-refractivity contribution in [1.29, 1.82) is 0 Å². The SMILES string of the molecule is Cc1ccnc(N2CCC(=O)C(C)C2)n1. The van der Waals surface area contributed by atoms with Crippen LogP contribution in [0, 0.1) is 12.8 Å². The van der Waals surface area contributed by atoms with E-state index < -0.39 is 0 Å². The van der Waals surface area contributed by atoms with Gasteiger partial charge in [-0.25, -0.2) is 9.97 Å². The number of piperidine rings is 1. The van der Waals surface area contributed by atoms with Crippen LogP contribution in [0.3, 0.4) is 0 Å². The molecule has 4 heteroatoms. The van der Waals surface area contributed by atoms with Gasteiger partial charge in [-0.1, -0.05) is 6.92 Å². The molecule has 0 aliphatic carbocycles. The smallest absolute Gasteiger partial charge is 0.225 e. The quantitative estimate of drug-likeness (QED) is 0.691. The number of hydrogen-bond donors (Lipinski definition) is 0. The summed E-state index contributed by atoms with van der Waals surface area (Å²) in [7, 11) is 0. The third-order valence-electron chi connectivity index (χ3n) is 2.74. The van der Waals surface area contributed by atoms with Gasteiger partial charge < -0.3 is 4.90 Å². The molecule has 1 aliphatic heterocycles. The van der Waals surface area contributed by atoms with E-state index in [1.807, 2.05) is 19.9 Å². The standard InChI is InChI=1S/C11H15N3O/c1-8-7-14(6-4-10(8)15)11-12-5-3-9(2)13-11/h3,5,8H,4,6-7H2,1-2H3. The fraction of sp³-hybridized carbons (Fsp3) is 0.545. The van der Waals surface area contributed by atoms with E-state index in [2.05, 4.69) is 14.9 Å². The lowest BCUT2D eigenvalue weighted by atomic mass is 9.99. The number of aryl methyl sites for hydroxylation is 1. The summed E-state index contributed by atoms with van der Waals surface area (Å²) in [4.78, 5) is 22.0. The Morgan fingerprint density at radius 1 is 1.53 bits per heavy atom. The van der Waals surface area contributed by atoms with Gasteiger partial charge in [-0.15, -0.1) is 0 Å².